The van der Waals surface area contributed by atoms with Crippen LogP contribution in [0.4, 0.5) is 0 Å². The van der Waals surface area contributed by atoms with Crippen molar-refractivity contribution in [2.45, 2.75) is 18.9 Å². The molecule has 0 aromatic rings. The second-order valence-corrected chi connectivity index (χ2v) is 3.65. The van der Waals surface area contributed by atoms with E-state index in [1.54, 1.807) is 14.0 Å². The first kappa shape index (κ1) is 11.5. The van der Waals surface area contributed by atoms with Gasteiger partial charge >= 0.3 is 0 Å². The van der Waals surface area contributed by atoms with Crippen LogP contribution in [0.25, 0.3) is 0 Å². The van der Waals surface area contributed by atoms with E-state index >= 15 is 0 Å². The summed E-state index contributed by atoms with van der Waals surface area (Å²) >= 11 is 0. The molecule has 0 aliphatic carbocycles. The third-order valence-electron chi connectivity index (χ3n) is 2.19. The van der Waals surface area contributed by atoms with Crippen LogP contribution < -0.4 is 5.32 Å². The molecule has 0 saturated heterocycles. The molecule has 82 valence electrons. The van der Waals surface area contributed by atoms with Crippen molar-refractivity contribution in [1.82, 2.24) is 5.32 Å². The fourth-order valence-electron chi connectivity index (χ4n) is 1.39. The second-order valence-electron chi connectivity index (χ2n) is 3.65. The van der Waals surface area contributed by atoms with E-state index in [-0.39, 0.29) is 0 Å². The standard InChI is InChI=1S/C10H19NO3/c1-10(12,8-11-5-7-13-2)9-4-3-6-14-9/h4,11-12H,3,5-8H2,1-2H3. The van der Waals surface area contributed by atoms with Crippen LogP contribution in [0.5, 0.6) is 0 Å². The molecule has 1 rings (SSSR count). The van der Waals surface area contributed by atoms with Gasteiger partial charge in [0, 0.05) is 26.6 Å². The second kappa shape index (κ2) is 5.34. The molecule has 1 heterocycles. The monoisotopic (exact) mass is 201 g/mol. The van der Waals surface area contributed by atoms with E-state index in [1.807, 2.05) is 6.08 Å². The van der Waals surface area contributed by atoms with E-state index in [2.05, 4.69) is 5.32 Å². The van der Waals surface area contributed by atoms with Crippen molar-refractivity contribution in [2.24, 2.45) is 0 Å². The summed E-state index contributed by atoms with van der Waals surface area (Å²) in [6, 6.07) is 0. The minimum Gasteiger partial charge on any atom is -0.495 e. The number of hydrogen-bond acceptors (Lipinski definition) is 4. The zero-order chi connectivity index (χ0) is 10.4. The molecular formula is C10H19NO3. The lowest BCUT2D eigenvalue weighted by atomic mass is 10.0. The molecule has 0 spiro atoms. The van der Waals surface area contributed by atoms with E-state index in [1.165, 1.54) is 0 Å². The van der Waals surface area contributed by atoms with Crippen molar-refractivity contribution < 1.29 is 14.6 Å². The smallest absolute Gasteiger partial charge is 0.131 e. The molecule has 0 aromatic heterocycles. The summed E-state index contributed by atoms with van der Waals surface area (Å²) in [6.07, 6.45) is 2.83. The van der Waals surface area contributed by atoms with Gasteiger partial charge in [-0.2, -0.15) is 0 Å². The molecule has 2 N–H and O–H groups in total. The number of ether oxygens (including phenoxy) is 2. The number of rotatable bonds is 6. The Balaban J connectivity index is 2.26. The molecule has 1 aliphatic rings. The highest BCUT2D eigenvalue weighted by atomic mass is 16.5. The van der Waals surface area contributed by atoms with Gasteiger partial charge in [-0.1, -0.05) is 0 Å². The molecule has 1 aliphatic heterocycles. The Hall–Kier alpha value is -0.580. The molecule has 14 heavy (non-hydrogen) atoms. The Morgan fingerprint density at radius 2 is 2.50 bits per heavy atom. The van der Waals surface area contributed by atoms with Gasteiger partial charge in [0.25, 0.3) is 0 Å². The number of aliphatic hydroxyl groups is 1. The highest BCUT2D eigenvalue weighted by molar-refractivity contribution is 5.12. The van der Waals surface area contributed by atoms with Gasteiger partial charge in [-0.25, -0.2) is 0 Å². The van der Waals surface area contributed by atoms with Crippen molar-refractivity contribution in [2.75, 3.05) is 33.4 Å². The third-order valence-corrected chi connectivity index (χ3v) is 2.19. The predicted octanol–water partition coefficient (Wildman–Crippen LogP) is 0.278. The van der Waals surface area contributed by atoms with Gasteiger partial charge in [-0.15, -0.1) is 0 Å². The lowest BCUT2D eigenvalue weighted by molar-refractivity contribution is 0.0338. The van der Waals surface area contributed by atoms with Gasteiger partial charge in [0.15, 0.2) is 0 Å². The Labute approximate surface area is 84.9 Å². The number of nitrogens with one attached hydrogen (secondary N) is 1. The normalized spacial score (nSPS) is 20.1. The lowest BCUT2D eigenvalue weighted by Crippen LogP contribution is -2.40. The fourth-order valence-corrected chi connectivity index (χ4v) is 1.39. The molecule has 0 saturated carbocycles. The molecule has 0 amide bonds. The lowest BCUT2D eigenvalue weighted by Gasteiger charge is -2.24. The van der Waals surface area contributed by atoms with E-state index in [4.69, 9.17) is 9.47 Å². The topological polar surface area (TPSA) is 50.7 Å². The maximum atomic E-state index is 10.0. The number of hydrogen-bond donors (Lipinski definition) is 2. The van der Waals surface area contributed by atoms with Crippen LogP contribution >= 0.6 is 0 Å². The molecule has 0 fully saturated rings. The van der Waals surface area contributed by atoms with Crippen molar-refractivity contribution >= 4 is 0 Å². The van der Waals surface area contributed by atoms with Gasteiger partial charge in [0.2, 0.25) is 0 Å². The summed E-state index contributed by atoms with van der Waals surface area (Å²) in [4.78, 5) is 0. The summed E-state index contributed by atoms with van der Waals surface area (Å²) in [7, 11) is 1.66. The van der Waals surface area contributed by atoms with Crippen molar-refractivity contribution in [3.05, 3.63) is 11.8 Å². The highest BCUT2D eigenvalue weighted by Gasteiger charge is 2.28. The Morgan fingerprint density at radius 3 is 3.07 bits per heavy atom. The van der Waals surface area contributed by atoms with Crippen molar-refractivity contribution in [3.8, 4) is 0 Å². The predicted molar refractivity (Wildman–Crippen MR) is 54.0 cm³/mol. The van der Waals surface area contributed by atoms with E-state index in [9.17, 15) is 5.11 Å². The molecule has 4 heteroatoms. The molecule has 0 radical (unpaired) electrons. The summed E-state index contributed by atoms with van der Waals surface area (Å²) in [5.74, 6) is 0.683. The van der Waals surface area contributed by atoms with Gasteiger partial charge in [-0.3, -0.25) is 0 Å². The van der Waals surface area contributed by atoms with Crippen LogP contribution in [0.1, 0.15) is 13.3 Å². The molecule has 0 bridgehead atoms. The van der Waals surface area contributed by atoms with Crippen LogP contribution in [-0.2, 0) is 9.47 Å². The maximum Gasteiger partial charge on any atom is 0.131 e. The van der Waals surface area contributed by atoms with E-state index in [0.29, 0.717) is 25.5 Å². The van der Waals surface area contributed by atoms with Crippen LogP contribution in [0.3, 0.4) is 0 Å². The molecule has 1 atom stereocenters. The van der Waals surface area contributed by atoms with E-state index < -0.39 is 5.60 Å². The molecule has 1 unspecified atom stereocenters. The average Bonchev–Trinajstić information content (AvgIpc) is 2.65. The highest BCUT2D eigenvalue weighted by Crippen LogP contribution is 2.21. The minimum absolute atomic E-state index is 0.488. The maximum absolute atomic E-state index is 10.0. The molecule has 4 nitrogen and oxygen atoms in total. The average molecular weight is 201 g/mol. The first-order valence-electron chi connectivity index (χ1n) is 4.92. The fraction of sp³-hybridized carbons (Fsp3) is 0.800. The van der Waals surface area contributed by atoms with Gasteiger partial charge in [0.1, 0.15) is 11.4 Å². The van der Waals surface area contributed by atoms with Gasteiger partial charge in [0.05, 0.1) is 13.2 Å². The van der Waals surface area contributed by atoms with Crippen LogP contribution in [0.2, 0.25) is 0 Å². The first-order valence-corrected chi connectivity index (χ1v) is 4.92. The van der Waals surface area contributed by atoms with Gasteiger partial charge in [-0.05, 0) is 13.0 Å². The van der Waals surface area contributed by atoms with Crippen LogP contribution in [0.15, 0.2) is 11.8 Å². The third kappa shape index (κ3) is 3.29. The SMILES string of the molecule is COCCNCC(C)(O)C1=CCCO1. The summed E-state index contributed by atoms with van der Waals surface area (Å²) in [5, 5.41) is 13.1. The quantitative estimate of drug-likeness (QED) is 0.606. The molecular weight excluding hydrogens is 182 g/mol. The first-order chi connectivity index (χ1) is 6.67. The zero-order valence-corrected chi connectivity index (χ0v) is 8.88. The van der Waals surface area contributed by atoms with Crippen LogP contribution in [0, 0.1) is 0 Å². The minimum atomic E-state index is -0.899. The Morgan fingerprint density at radius 1 is 1.71 bits per heavy atom. The summed E-state index contributed by atoms with van der Waals surface area (Å²) in [5.41, 5.74) is -0.899. The Kier molecular flexibility index (Phi) is 4.38. The summed E-state index contributed by atoms with van der Waals surface area (Å²) in [6.45, 7) is 4.31. The van der Waals surface area contributed by atoms with Crippen LogP contribution in [-0.4, -0.2) is 44.1 Å². The van der Waals surface area contributed by atoms with Crippen molar-refractivity contribution in [1.29, 1.82) is 0 Å². The number of methoxy groups -OCH3 is 1. The molecule has 0 aromatic carbocycles. The van der Waals surface area contributed by atoms with E-state index in [0.717, 1.165) is 13.0 Å². The van der Waals surface area contributed by atoms with Gasteiger partial charge < -0.3 is 19.9 Å². The largest absolute Gasteiger partial charge is 0.495 e. The zero-order valence-electron chi connectivity index (χ0n) is 8.88. The summed E-state index contributed by atoms with van der Waals surface area (Å²) < 4.78 is 10.2. The van der Waals surface area contributed by atoms with Crippen molar-refractivity contribution in [3.63, 3.8) is 0 Å². The Bertz CT molecular complexity index is 202.